The molecule has 0 amide bonds. The van der Waals surface area contributed by atoms with Crippen molar-refractivity contribution in [3.05, 3.63) is 164 Å². The molecule has 8 aromatic carbocycles. The second-order valence-electron chi connectivity index (χ2n) is 12.4. The van der Waals surface area contributed by atoms with E-state index in [9.17, 15) is 0 Å². The Kier molecular flexibility index (Phi) is 6.15. The van der Waals surface area contributed by atoms with Gasteiger partial charge in [0.1, 0.15) is 11.2 Å². The fraction of sp³-hybridized carbons (Fsp3) is 0. The summed E-state index contributed by atoms with van der Waals surface area (Å²) in [5.74, 6) is 1.91. The first-order chi connectivity index (χ1) is 24.2. The Bertz CT molecular complexity index is 2870. The molecule has 0 aliphatic heterocycles. The van der Waals surface area contributed by atoms with Crippen molar-refractivity contribution in [3.8, 4) is 45.3 Å². The molecule has 0 atom stereocenters. The molecule has 2 aromatic heterocycles. The van der Waals surface area contributed by atoms with Crippen LogP contribution >= 0.6 is 0 Å². The lowest BCUT2D eigenvalue weighted by molar-refractivity contribution is 0.669. The number of hydrogen-bond acceptors (Lipinski definition) is 4. The number of furan rings is 1. The molecular weight excluding hydrogens is 599 g/mol. The lowest BCUT2D eigenvalue weighted by atomic mass is 9.96. The first-order valence-electron chi connectivity index (χ1n) is 16.4. The molecule has 0 saturated heterocycles. The molecule has 0 saturated carbocycles. The first kappa shape index (κ1) is 27.5. The van der Waals surface area contributed by atoms with Gasteiger partial charge in [0, 0.05) is 27.5 Å². The highest BCUT2D eigenvalue weighted by molar-refractivity contribution is 6.17. The maximum atomic E-state index is 6.28. The Hall–Kier alpha value is -6.65. The van der Waals surface area contributed by atoms with Gasteiger partial charge in [-0.2, -0.15) is 0 Å². The third-order valence-corrected chi connectivity index (χ3v) is 9.51. The molecular formula is C45H27N3O. The van der Waals surface area contributed by atoms with Crippen LogP contribution in [0.4, 0.5) is 0 Å². The Morgan fingerprint density at radius 2 is 0.959 bits per heavy atom. The van der Waals surface area contributed by atoms with Crippen molar-refractivity contribution >= 4 is 54.3 Å². The molecule has 0 radical (unpaired) electrons. The fourth-order valence-electron chi connectivity index (χ4n) is 7.03. The average molecular weight is 626 g/mol. The molecule has 0 aliphatic rings. The first-order valence-corrected chi connectivity index (χ1v) is 16.4. The van der Waals surface area contributed by atoms with Gasteiger partial charge in [-0.1, -0.05) is 140 Å². The van der Waals surface area contributed by atoms with Crippen LogP contribution in [-0.4, -0.2) is 15.0 Å². The van der Waals surface area contributed by atoms with Crippen LogP contribution < -0.4 is 0 Å². The van der Waals surface area contributed by atoms with E-state index in [4.69, 9.17) is 19.4 Å². The highest BCUT2D eigenvalue weighted by Crippen LogP contribution is 2.38. The molecule has 10 aromatic rings. The Labute approximate surface area is 282 Å². The summed E-state index contributed by atoms with van der Waals surface area (Å²) in [7, 11) is 0. The zero-order valence-corrected chi connectivity index (χ0v) is 26.3. The van der Waals surface area contributed by atoms with Crippen molar-refractivity contribution < 1.29 is 4.42 Å². The quantitative estimate of drug-likeness (QED) is 0.183. The molecule has 0 N–H and O–H groups in total. The maximum Gasteiger partial charge on any atom is 0.164 e. The van der Waals surface area contributed by atoms with E-state index < -0.39 is 0 Å². The van der Waals surface area contributed by atoms with Crippen molar-refractivity contribution in [2.45, 2.75) is 0 Å². The van der Waals surface area contributed by atoms with Gasteiger partial charge in [-0.15, -0.1) is 0 Å². The summed E-state index contributed by atoms with van der Waals surface area (Å²) < 4.78 is 6.28. The van der Waals surface area contributed by atoms with Crippen molar-refractivity contribution in [1.82, 2.24) is 15.0 Å². The molecule has 0 spiro atoms. The van der Waals surface area contributed by atoms with Crippen molar-refractivity contribution in [2.24, 2.45) is 0 Å². The minimum atomic E-state index is 0.635. The molecule has 2 heterocycles. The largest absolute Gasteiger partial charge is 0.456 e. The molecule has 228 valence electrons. The minimum Gasteiger partial charge on any atom is -0.456 e. The zero-order valence-electron chi connectivity index (χ0n) is 26.3. The third-order valence-electron chi connectivity index (χ3n) is 9.51. The predicted molar refractivity (Wildman–Crippen MR) is 201 cm³/mol. The normalized spacial score (nSPS) is 11.7. The van der Waals surface area contributed by atoms with E-state index in [1.807, 2.05) is 42.5 Å². The molecule has 49 heavy (non-hydrogen) atoms. The van der Waals surface area contributed by atoms with Crippen LogP contribution in [0.5, 0.6) is 0 Å². The SMILES string of the molecule is c1ccc(-c2nc(-c3ccc(-c4ccc5ccccc5c4)cc3)nc(-c3cccc4c3ccc3cc5c(cc34)oc3ccccc35)n2)cc1. The summed E-state index contributed by atoms with van der Waals surface area (Å²) in [5.41, 5.74) is 6.93. The number of rotatable bonds is 4. The number of hydrogen-bond donors (Lipinski definition) is 0. The van der Waals surface area contributed by atoms with Crippen LogP contribution in [-0.2, 0) is 0 Å². The van der Waals surface area contributed by atoms with Crippen LogP contribution in [0.25, 0.3) is 99.5 Å². The van der Waals surface area contributed by atoms with Crippen LogP contribution in [0.2, 0.25) is 0 Å². The molecule has 10 rings (SSSR count). The second kappa shape index (κ2) is 11.0. The van der Waals surface area contributed by atoms with E-state index >= 15 is 0 Å². The van der Waals surface area contributed by atoms with E-state index in [1.165, 1.54) is 16.3 Å². The minimum absolute atomic E-state index is 0.635. The van der Waals surface area contributed by atoms with E-state index in [2.05, 4.69) is 121 Å². The van der Waals surface area contributed by atoms with E-state index in [1.54, 1.807) is 0 Å². The summed E-state index contributed by atoms with van der Waals surface area (Å²) in [4.78, 5) is 15.2. The van der Waals surface area contributed by atoms with Gasteiger partial charge in [-0.3, -0.25) is 0 Å². The number of para-hydroxylation sites is 1. The zero-order chi connectivity index (χ0) is 32.3. The molecule has 0 aliphatic carbocycles. The maximum absolute atomic E-state index is 6.28. The summed E-state index contributed by atoms with van der Waals surface area (Å²) >= 11 is 0. The smallest absolute Gasteiger partial charge is 0.164 e. The molecule has 0 bridgehead atoms. The van der Waals surface area contributed by atoms with E-state index in [0.29, 0.717) is 17.5 Å². The van der Waals surface area contributed by atoms with Crippen molar-refractivity contribution in [2.75, 3.05) is 0 Å². The Morgan fingerprint density at radius 1 is 0.306 bits per heavy atom. The number of benzene rings is 8. The molecule has 0 fully saturated rings. The summed E-state index contributed by atoms with van der Waals surface area (Å²) in [5, 5.41) is 9.21. The van der Waals surface area contributed by atoms with Crippen LogP contribution in [0, 0.1) is 0 Å². The van der Waals surface area contributed by atoms with Crippen molar-refractivity contribution in [3.63, 3.8) is 0 Å². The lowest BCUT2D eigenvalue weighted by Gasteiger charge is -2.12. The van der Waals surface area contributed by atoms with Crippen LogP contribution in [0.15, 0.2) is 168 Å². The van der Waals surface area contributed by atoms with E-state index in [0.717, 1.165) is 65.7 Å². The highest BCUT2D eigenvalue weighted by Gasteiger charge is 2.16. The van der Waals surface area contributed by atoms with Gasteiger partial charge in [0.2, 0.25) is 0 Å². The van der Waals surface area contributed by atoms with Gasteiger partial charge < -0.3 is 4.42 Å². The average Bonchev–Trinajstić information content (AvgIpc) is 3.54. The Morgan fingerprint density at radius 3 is 1.82 bits per heavy atom. The summed E-state index contributed by atoms with van der Waals surface area (Å²) in [6.45, 7) is 0. The standard InChI is InChI=1S/C45H27N3O/c1-2-10-30(11-3-1)43-46-44(31-20-17-29(18-21-31)33-22-19-28-9-4-5-12-32(28)25-33)48-45(47-43)38-15-8-14-35-36(38)24-23-34-26-40-37-13-6-7-16-41(37)49-42(40)27-39(34)35/h1-27H. The van der Waals surface area contributed by atoms with Crippen LogP contribution in [0.1, 0.15) is 0 Å². The fourth-order valence-corrected chi connectivity index (χ4v) is 7.03. The summed E-state index contributed by atoms with van der Waals surface area (Å²) in [6, 6.07) is 57.0. The second-order valence-corrected chi connectivity index (χ2v) is 12.4. The molecule has 4 nitrogen and oxygen atoms in total. The third kappa shape index (κ3) is 4.65. The van der Waals surface area contributed by atoms with Gasteiger partial charge in [-0.25, -0.2) is 15.0 Å². The topological polar surface area (TPSA) is 51.8 Å². The highest BCUT2D eigenvalue weighted by atomic mass is 16.3. The van der Waals surface area contributed by atoms with Gasteiger partial charge in [0.15, 0.2) is 17.5 Å². The summed E-state index contributed by atoms with van der Waals surface area (Å²) in [6.07, 6.45) is 0. The number of fused-ring (bicyclic) bond motifs is 7. The predicted octanol–water partition coefficient (Wildman–Crippen LogP) is 11.9. The molecule has 4 heteroatoms. The lowest BCUT2D eigenvalue weighted by Crippen LogP contribution is -2.00. The van der Waals surface area contributed by atoms with Gasteiger partial charge in [0.25, 0.3) is 0 Å². The molecule has 0 unspecified atom stereocenters. The number of nitrogens with zero attached hydrogens (tertiary/aromatic N) is 3. The van der Waals surface area contributed by atoms with Gasteiger partial charge >= 0.3 is 0 Å². The monoisotopic (exact) mass is 625 g/mol. The van der Waals surface area contributed by atoms with E-state index in [-0.39, 0.29) is 0 Å². The van der Waals surface area contributed by atoms with Crippen LogP contribution in [0.3, 0.4) is 0 Å². The Balaban J connectivity index is 1.12. The van der Waals surface area contributed by atoms with Gasteiger partial charge in [0.05, 0.1) is 0 Å². The van der Waals surface area contributed by atoms with Gasteiger partial charge in [-0.05, 0) is 67.7 Å². The van der Waals surface area contributed by atoms with Crippen molar-refractivity contribution in [1.29, 1.82) is 0 Å². The number of aromatic nitrogens is 3.